The molecule has 130 valence electrons. The molecule has 0 radical (unpaired) electrons. The fraction of sp³-hybridized carbons (Fsp3) is 0.400. The van der Waals surface area contributed by atoms with Gasteiger partial charge in [0.25, 0.3) is 5.56 Å². The molecule has 0 unspecified atom stereocenters. The molecule has 0 spiro atoms. The molecule has 1 aliphatic rings. The van der Waals surface area contributed by atoms with Gasteiger partial charge in [-0.25, -0.2) is 4.98 Å². The number of nitrogens with one attached hydrogen (secondary N) is 1. The summed E-state index contributed by atoms with van der Waals surface area (Å²) in [6.45, 7) is 2.22. The van der Waals surface area contributed by atoms with Crippen LogP contribution >= 0.6 is 23.1 Å². The molecule has 1 N–H and O–H groups in total. The highest BCUT2D eigenvalue weighted by Crippen LogP contribution is 2.42. The van der Waals surface area contributed by atoms with Gasteiger partial charge in [0.05, 0.1) is 5.39 Å². The first kappa shape index (κ1) is 16.9. The fourth-order valence-corrected chi connectivity index (χ4v) is 5.69. The van der Waals surface area contributed by atoms with E-state index in [1.54, 1.807) is 23.1 Å². The number of nitrogens with zero attached hydrogens (tertiary/aromatic N) is 1. The first-order valence-electron chi connectivity index (χ1n) is 9.04. The number of fused-ring (bicyclic) bond motifs is 5. The second-order valence-corrected chi connectivity index (χ2v) is 8.61. The lowest BCUT2D eigenvalue weighted by Crippen LogP contribution is -2.11. The molecule has 0 saturated carbocycles. The molecule has 1 aromatic carbocycles. The van der Waals surface area contributed by atoms with Gasteiger partial charge in [0.2, 0.25) is 0 Å². The van der Waals surface area contributed by atoms with Crippen LogP contribution in [0.25, 0.3) is 20.7 Å². The molecule has 5 heteroatoms. The van der Waals surface area contributed by atoms with Crippen LogP contribution in [0.15, 0.2) is 34.2 Å². The Labute approximate surface area is 155 Å². The van der Waals surface area contributed by atoms with E-state index in [1.165, 1.54) is 47.3 Å². The van der Waals surface area contributed by atoms with E-state index in [4.69, 9.17) is 4.98 Å². The summed E-state index contributed by atoms with van der Waals surface area (Å²) in [5.74, 6) is 1.02. The van der Waals surface area contributed by atoms with E-state index in [9.17, 15) is 4.79 Å². The SMILES string of the molecule is CCCCCCSc1nc2sc3c(c2c(=O)[nH]1)CCc1ccccc1-3. The Morgan fingerprint density at radius 1 is 1.20 bits per heavy atom. The van der Waals surface area contributed by atoms with E-state index in [1.807, 2.05) is 0 Å². The standard InChI is InChI=1S/C20H22N2OS2/c1-2-3-4-7-12-24-20-21-18(23)16-15-11-10-13-8-5-6-9-14(13)17(15)25-19(16)22-20/h5-6,8-9H,2-4,7,10-12H2,1H3,(H,21,22,23). The number of thioether (sulfide) groups is 1. The molecular weight excluding hydrogens is 348 g/mol. The molecule has 1 aliphatic carbocycles. The zero-order valence-corrected chi connectivity index (χ0v) is 16.1. The van der Waals surface area contributed by atoms with Crippen LogP contribution in [0.2, 0.25) is 0 Å². The molecule has 3 aromatic rings. The third-order valence-electron chi connectivity index (χ3n) is 4.78. The van der Waals surface area contributed by atoms with E-state index in [2.05, 4.69) is 36.2 Å². The topological polar surface area (TPSA) is 45.8 Å². The number of aryl methyl sites for hydroxylation is 2. The van der Waals surface area contributed by atoms with Crippen molar-refractivity contribution < 1.29 is 0 Å². The molecule has 25 heavy (non-hydrogen) atoms. The highest BCUT2D eigenvalue weighted by molar-refractivity contribution is 7.99. The summed E-state index contributed by atoms with van der Waals surface area (Å²) in [5, 5.41) is 1.57. The van der Waals surface area contributed by atoms with Crippen molar-refractivity contribution in [3.05, 3.63) is 45.7 Å². The molecule has 0 bridgehead atoms. The molecule has 0 saturated heterocycles. The van der Waals surface area contributed by atoms with Crippen LogP contribution in [0.1, 0.15) is 43.7 Å². The van der Waals surface area contributed by atoms with Crippen LogP contribution < -0.4 is 5.56 Å². The number of benzene rings is 1. The van der Waals surface area contributed by atoms with Crippen LogP contribution in [0.5, 0.6) is 0 Å². The van der Waals surface area contributed by atoms with Gasteiger partial charge in [-0.3, -0.25) is 4.79 Å². The Morgan fingerprint density at radius 2 is 2.08 bits per heavy atom. The molecule has 0 aliphatic heterocycles. The lowest BCUT2D eigenvalue weighted by molar-refractivity contribution is 0.706. The molecule has 4 rings (SSSR count). The van der Waals surface area contributed by atoms with Gasteiger partial charge in [0.1, 0.15) is 4.83 Å². The number of hydrogen-bond donors (Lipinski definition) is 1. The highest BCUT2D eigenvalue weighted by atomic mass is 32.2. The summed E-state index contributed by atoms with van der Waals surface area (Å²) in [6.07, 6.45) is 6.88. The number of thiophene rings is 1. The van der Waals surface area contributed by atoms with Gasteiger partial charge < -0.3 is 4.98 Å². The predicted molar refractivity (Wildman–Crippen MR) is 108 cm³/mol. The Kier molecular flexibility index (Phi) is 4.95. The van der Waals surface area contributed by atoms with Crippen molar-refractivity contribution in [1.29, 1.82) is 0 Å². The zero-order chi connectivity index (χ0) is 17.2. The summed E-state index contributed by atoms with van der Waals surface area (Å²) in [7, 11) is 0. The third-order valence-corrected chi connectivity index (χ3v) is 6.90. The van der Waals surface area contributed by atoms with Gasteiger partial charge in [-0.15, -0.1) is 11.3 Å². The van der Waals surface area contributed by atoms with E-state index in [0.29, 0.717) is 0 Å². The lowest BCUT2D eigenvalue weighted by Gasteiger charge is -2.15. The Bertz CT molecular complexity index is 958. The minimum atomic E-state index is 0.0259. The van der Waals surface area contributed by atoms with Gasteiger partial charge in [0, 0.05) is 10.6 Å². The number of rotatable bonds is 6. The Hall–Kier alpha value is -1.59. The zero-order valence-electron chi connectivity index (χ0n) is 14.4. The minimum absolute atomic E-state index is 0.0259. The van der Waals surface area contributed by atoms with Gasteiger partial charge >= 0.3 is 0 Å². The maximum Gasteiger partial charge on any atom is 0.260 e. The largest absolute Gasteiger partial charge is 0.301 e. The average Bonchev–Trinajstić information content (AvgIpc) is 3.01. The fourth-order valence-electron chi connectivity index (χ4n) is 3.49. The van der Waals surface area contributed by atoms with Gasteiger partial charge in [-0.05, 0) is 36.0 Å². The first-order valence-corrected chi connectivity index (χ1v) is 10.8. The molecular formula is C20H22N2OS2. The summed E-state index contributed by atoms with van der Waals surface area (Å²) in [6, 6.07) is 8.53. The maximum absolute atomic E-state index is 12.7. The molecule has 2 heterocycles. The summed E-state index contributed by atoms with van der Waals surface area (Å²) in [4.78, 5) is 22.6. The third kappa shape index (κ3) is 3.27. The number of aromatic amines is 1. The monoisotopic (exact) mass is 370 g/mol. The van der Waals surface area contributed by atoms with Crippen molar-refractivity contribution in [2.24, 2.45) is 0 Å². The van der Waals surface area contributed by atoms with Gasteiger partial charge in [-0.1, -0.05) is 62.2 Å². The second-order valence-electron chi connectivity index (χ2n) is 6.53. The molecule has 0 fully saturated rings. The number of unbranched alkanes of at least 4 members (excludes halogenated alkanes) is 3. The smallest absolute Gasteiger partial charge is 0.260 e. The maximum atomic E-state index is 12.7. The molecule has 3 nitrogen and oxygen atoms in total. The minimum Gasteiger partial charge on any atom is -0.301 e. The summed E-state index contributed by atoms with van der Waals surface area (Å²) in [5.41, 5.74) is 3.87. The van der Waals surface area contributed by atoms with E-state index in [-0.39, 0.29) is 5.56 Å². The number of H-pyrrole nitrogens is 1. The number of hydrogen-bond acceptors (Lipinski definition) is 4. The lowest BCUT2D eigenvalue weighted by atomic mass is 9.90. The van der Waals surface area contributed by atoms with Crippen LogP contribution in [0, 0.1) is 0 Å². The van der Waals surface area contributed by atoms with Gasteiger partial charge in [-0.2, -0.15) is 0 Å². The Balaban J connectivity index is 1.66. The molecule has 0 atom stereocenters. The van der Waals surface area contributed by atoms with Gasteiger partial charge in [0.15, 0.2) is 5.16 Å². The van der Waals surface area contributed by atoms with Crippen molar-refractivity contribution in [2.75, 3.05) is 5.75 Å². The first-order chi connectivity index (χ1) is 12.3. The van der Waals surface area contributed by atoms with Crippen LogP contribution in [0.3, 0.4) is 0 Å². The van der Waals surface area contributed by atoms with Crippen LogP contribution in [0.4, 0.5) is 0 Å². The molecule has 2 aromatic heterocycles. The van der Waals surface area contributed by atoms with Crippen molar-refractivity contribution in [1.82, 2.24) is 9.97 Å². The van der Waals surface area contributed by atoms with Crippen molar-refractivity contribution >= 4 is 33.3 Å². The second kappa shape index (κ2) is 7.34. The van der Waals surface area contributed by atoms with Crippen molar-refractivity contribution in [3.63, 3.8) is 0 Å². The predicted octanol–water partition coefficient (Wildman–Crippen LogP) is 5.42. The highest BCUT2D eigenvalue weighted by Gasteiger charge is 2.23. The van der Waals surface area contributed by atoms with Crippen molar-refractivity contribution in [2.45, 2.75) is 50.6 Å². The van der Waals surface area contributed by atoms with E-state index >= 15 is 0 Å². The van der Waals surface area contributed by atoms with E-state index in [0.717, 1.165) is 34.0 Å². The summed E-state index contributed by atoms with van der Waals surface area (Å²) >= 11 is 3.35. The van der Waals surface area contributed by atoms with E-state index < -0.39 is 0 Å². The molecule has 0 amide bonds. The van der Waals surface area contributed by atoms with Crippen LogP contribution in [-0.2, 0) is 12.8 Å². The van der Waals surface area contributed by atoms with Crippen molar-refractivity contribution in [3.8, 4) is 10.4 Å². The number of aromatic nitrogens is 2. The van der Waals surface area contributed by atoms with Crippen LogP contribution in [-0.4, -0.2) is 15.7 Å². The quantitative estimate of drug-likeness (QED) is 0.358. The average molecular weight is 371 g/mol. The normalized spacial score (nSPS) is 13.0. The summed E-state index contributed by atoms with van der Waals surface area (Å²) < 4.78 is 0. The Morgan fingerprint density at radius 3 is 2.96 bits per heavy atom.